The molecule has 0 aliphatic carbocycles. The van der Waals surface area contributed by atoms with Gasteiger partial charge >= 0.3 is 0 Å². The molecule has 0 heterocycles. The van der Waals surface area contributed by atoms with Crippen LogP contribution in [0.1, 0.15) is 113 Å². The van der Waals surface area contributed by atoms with Crippen LogP contribution in [0.2, 0.25) is 0 Å². The monoisotopic (exact) mass is 410 g/mol. The van der Waals surface area contributed by atoms with Gasteiger partial charge in [0.15, 0.2) is 0 Å². The average molecular weight is 411 g/mol. The second kappa shape index (κ2) is 18.2. The maximum absolute atomic E-state index is 2.43. The van der Waals surface area contributed by atoms with Crippen molar-refractivity contribution in [2.75, 3.05) is 0 Å². The van der Waals surface area contributed by atoms with Crippen molar-refractivity contribution in [3.05, 3.63) is 70.4 Å². The molecule has 0 heteroatoms. The molecule has 0 aromatic heterocycles. The summed E-state index contributed by atoms with van der Waals surface area (Å²) >= 11 is 0. The number of rotatable bonds is 15. The Morgan fingerprint density at radius 3 is 1.47 bits per heavy atom. The highest BCUT2D eigenvalue weighted by Gasteiger charge is 1.95. The summed E-state index contributed by atoms with van der Waals surface area (Å²) in [6, 6.07) is 0. The predicted molar refractivity (Wildman–Crippen MR) is 140 cm³/mol. The molecule has 0 bridgehead atoms. The Kier molecular flexibility index (Phi) is 17.3. The van der Waals surface area contributed by atoms with Crippen molar-refractivity contribution in [3.63, 3.8) is 0 Å². The van der Waals surface area contributed by atoms with Gasteiger partial charge in [0.1, 0.15) is 0 Å². The maximum Gasteiger partial charge on any atom is -0.0227 e. The van der Waals surface area contributed by atoms with Crippen molar-refractivity contribution in [1.29, 1.82) is 0 Å². The van der Waals surface area contributed by atoms with Crippen LogP contribution in [0.15, 0.2) is 70.4 Å². The second-order valence-electron chi connectivity index (χ2n) is 9.55. The molecule has 0 aromatic carbocycles. The highest BCUT2D eigenvalue weighted by atomic mass is 14.0. The van der Waals surface area contributed by atoms with Crippen LogP contribution >= 0.6 is 0 Å². The van der Waals surface area contributed by atoms with Gasteiger partial charge in [-0.15, -0.1) is 0 Å². The molecule has 0 saturated carbocycles. The summed E-state index contributed by atoms with van der Waals surface area (Å²) < 4.78 is 0. The topological polar surface area (TPSA) is 0 Å². The Morgan fingerprint density at radius 1 is 0.533 bits per heavy atom. The fourth-order valence-corrected chi connectivity index (χ4v) is 3.24. The number of hydrogen-bond acceptors (Lipinski definition) is 0. The van der Waals surface area contributed by atoms with Gasteiger partial charge in [-0.3, -0.25) is 0 Å². The Balaban J connectivity index is 4.03. The van der Waals surface area contributed by atoms with Crippen molar-refractivity contribution < 1.29 is 0 Å². The lowest BCUT2D eigenvalue weighted by molar-refractivity contribution is 0.735. The zero-order valence-electron chi connectivity index (χ0n) is 21.5. The normalized spacial score (nSPS) is 14.2. The Bertz CT molecular complexity index is 623. The van der Waals surface area contributed by atoms with Gasteiger partial charge in [-0.1, -0.05) is 77.3 Å². The van der Waals surface area contributed by atoms with Gasteiger partial charge in [0.25, 0.3) is 0 Å². The van der Waals surface area contributed by atoms with Gasteiger partial charge in [0.2, 0.25) is 0 Å². The molecule has 0 aromatic rings. The largest absolute Gasteiger partial charge is 0.0879 e. The quantitative estimate of drug-likeness (QED) is 0.186. The van der Waals surface area contributed by atoms with Crippen molar-refractivity contribution in [2.24, 2.45) is 5.92 Å². The second-order valence-corrected chi connectivity index (χ2v) is 9.55. The molecular formula is C30H50. The van der Waals surface area contributed by atoms with Gasteiger partial charge in [-0.2, -0.15) is 0 Å². The fraction of sp³-hybridized carbons (Fsp3) is 0.600. The molecule has 30 heavy (non-hydrogen) atoms. The third-order valence-electron chi connectivity index (χ3n) is 5.34. The van der Waals surface area contributed by atoms with Crippen molar-refractivity contribution in [1.82, 2.24) is 0 Å². The molecule has 1 unspecified atom stereocenters. The standard InChI is InChI=1S/C30H50/c1-25(2)15-13-20-29(7)22-14-21-28(6)18-10-9-16-27(5)17-11-12-19-30(8)24-23-26(3)4/h12,15-16,18-19,22-23,30H,9-11,13-14,17,20-21,24H2,1-8H3/b19-12+,27-16+,28-18+,29-22+. The van der Waals surface area contributed by atoms with Crippen molar-refractivity contribution in [2.45, 2.75) is 113 Å². The molecule has 0 nitrogen and oxygen atoms in total. The molecule has 0 rings (SSSR count). The van der Waals surface area contributed by atoms with E-state index in [1.165, 1.54) is 72.8 Å². The fourth-order valence-electron chi connectivity index (χ4n) is 3.24. The summed E-state index contributed by atoms with van der Waals surface area (Å²) in [7, 11) is 0. The lowest BCUT2D eigenvalue weighted by Gasteiger charge is -2.03. The molecule has 0 fully saturated rings. The lowest BCUT2D eigenvalue weighted by atomic mass is 10.0. The smallest absolute Gasteiger partial charge is 0.0227 e. The lowest BCUT2D eigenvalue weighted by Crippen LogP contribution is -1.87. The highest BCUT2D eigenvalue weighted by molar-refractivity contribution is 5.07. The van der Waals surface area contributed by atoms with Crippen molar-refractivity contribution >= 4 is 0 Å². The van der Waals surface area contributed by atoms with Crippen LogP contribution in [0.25, 0.3) is 0 Å². The van der Waals surface area contributed by atoms with Gasteiger partial charge in [0, 0.05) is 0 Å². The van der Waals surface area contributed by atoms with Crippen LogP contribution in [0.5, 0.6) is 0 Å². The van der Waals surface area contributed by atoms with Crippen LogP contribution < -0.4 is 0 Å². The van der Waals surface area contributed by atoms with E-state index in [0.717, 1.165) is 12.8 Å². The van der Waals surface area contributed by atoms with Crippen LogP contribution in [-0.4, -0.2) is 0 Å². The molecule has 0 radical (unpaired) electrons. The third-order valence-corrected chi connectivity index (χ3v) is 5.34. The zero-order valence-corrected chi connectivity index (χ0v) is 21.5. The highest BCUT2D eigenvalue weighted by Crippen LogP contribution is 2.14. The molecule has 0 amide bonds. The van der Waals surface area contributed by atoms with E-state index in [1.807, 2.05) is 0 Å². The molecular weight excluding hydrogens is 360 g/mol. The van der Waals surface area contributed by atoms with E-state index in [-0.39, 0.29) is 0 Å². The molecule has 170 valence electrons. The van der Waals surface area contributed by atoms with E-state index < -0.39 is 0 Å². The van der Waals surface area contributed by atoms with Crippen LogP contribution in [0.4, 0.5) is 0 Å². The minimum absolute atomic E-state index is 0.647. The van der Waals surface area contributed by atoms with E-state index >= 15 is 0 Å². The van der Waals surface area contributed by atoms with E-state index in [9.17, 15) is 0 Å². The molecule has 1 atom stereocenters. The molecule has 0 N–H and O–H groups in total. The summed E-state index contributed by atoms with van der Waals surface area (Å²) in [6.07, 6.45) is 27.3. The Labute approximate surface area is 189 Å². The van der Waals surface area contributed by atoms with Crippen molar-refractivity contribution in [3.8, 4) is 0 Å². The van der Waals surface area contributed by atoms with Gasteiger partial charge in [-0.25, -0.2) is 0 Å². The van der Waals surface area contributed by atoms with Gasteiger partial charge in [0.05, 0.1) is 0 Å². The molecule has 0 aliphatic heterocycles. The first kappa shape index (κ1) is 28.4. The van der Waals surface area contributed by atoms with Gasteiger partial charge < -0.3 is 0 Å². The molecule has 0 aliphatic rings. The summed E-state index contributed by atoms with van der Waals surface area (Å²) in [5.41, 5.74) is 7.42. The van der Waals surface area contributed by atoms with Gasteiger partial charge in [-0.05, 0) is 112 Å². The third kappa shape index (κ3) is 19.7. The first-order valence-electron chi connectivity index (χ1n) is 12.1. The summed E-state index contributed by atoms with van der Waals surface area (Å²) in [5.74, 6) is 0.647. The minimum atomic E-state index is 0.647. The number of allylic oxidation sites excluding steroid dienone is 12. The Morgan fingerprint density at radius 2 is 0.967 bits per heavy atom. The first-order chi connectivity index (χ1) is 14.2. The molecule has 0 spiro atoms. The summed E-state index contributed by atoms with van der Waals surface area (Å²) in [4.78, 5) is 0. The van der Waals surface area contributed by atoms with Crippen LogP contribution in [0.3, 0.4) is 0 Å². The van der Waals surface area contributed by atoms with Crippen LogP contribution in [-0.2, 0) is 0 Å². The summed E-state index contributed by atoms with van der Waals surface area (Å²) in [5, 5.41) is 0. The summed E-state index contributed by atoms with van der Waals surface area (Å²) in [6.45, 7) is 17.8. The predicted octanol–water partition coefficient (Wildman–Crippen LogP) is 10.5. The molecule has 0 saturated heterocycles. The number of unbranched alkanes of at least 4 members (excludes halogenated alkanes) is 1. The average Bonchev–Trinajstić information content (AvgIpc) is 2.66. The SMILES string of the molecule is CC(C)=CCC/C(C)=C/CC/C(C)=C/CC/C=C(\C)CC/C=C/C(C)CC=C(C)C. The van der Waals surface area contributed by atoms with E-state index in [0.29, 0.717) is 5.92 Å². The zero-order chi connectivity index (χ0) is 22.8. The van der Waals surface area contributed by atoms with E-state index in [2.05, 4.69) is 97.9 Å². The minimum Gasteiger partial charge on any atom is -0.0879 e. The van der Waals surface area contributed by atoms with E-state index in [4.69, 9.17) is 0 Å². The number of hydrogen-bond donors (Lipinski definition) is 0. The Hall–Kier alpha value is -1.56. The first-order valence-corrected chi connectivity index (χ1v) is 12.1. The maximum atomic E-state index is 2.43. The van der Waals surface area contributed by atoms with Crippen LogP contribution in [0, 0.1) is 5.92 Å². The van der Waals surface area contributed by atoms with E-state index in [1.54, 1.807) is 0 Å².